The van der Waals surface area contributed by atoms with Crippen LogP contribution < -0.4 is 10.1 Å². The molecule has 0 saturated carbocycles. The van der Waals surface area contributed by atoms with Crippen molar-refractivity contribution in [3.8, 4) is 27.0 Å². The molecule has 0 radical (unpaired) electrons. The Balaban J connectivity index is 1.50. The van der Waals surface area contributed by atoms with Crippen LogP contribution in [0.4, 0.5) is 14.6 Å². The predicted octanol–water partition coefficient (Wildman–Crippen LogP) is 5.35. The lowest BCUT2D eigenvalue weighted by Gasteiger charge is -2.08. The molecule has 7 nitrogen and oxygen atoms in total. The van der Waals surface area contributed by atoms with Crippen LogP contribution in [0.2, 0.25) is 0 Å². The van der Waals surface area contributed by atoms with Gasteiger partial charge in [-0.15, -0.1) is 11.3 Å². The van der Waals surface area contributed by atoms with E-state index >= 15 is 0 Å². The molecule has 3 aromatic heterocycles. The van der Waals surface area contributed by atoms with Gasteiger partial charge >= 0.3 is 0 Å². The first-order valence-corrected chi connectivity index (χ1v) is 10.9. The second-order valence-corrected chi connectivity index (χ2v) is 8.22. The zero-order chi connectivity index (χ0) is 21.8. The third-order valence-corrected chi connectivity index (χ3v) is 6.01. The second kappa shape index (κ2) is 9.48. The quantitative estimate of drug-likeness (QED) is 0.321. The molecule has 31 heavy (non-hydrogen) atoms. The van der Waals surface area contributed by atoms with Gasteiger partial charge in [0.15, 0.2) is 0 Å². The Kier molecular flexibility index (Phi) is 6.52. The number of benzene rings is 1. The molecule has 1 aromatic carbocycles. The first-order chi connectivity index (χ1) is 15.0. The van der Waals surface area contributed by atoms with Crippen LogP contribution >= 0.6 is 27.3 Å². The lowest BCUT2D eigenvalue weighted by molar-refractivity contribution is 0.342. The molecular formula is C20H16BrF2N5O2S. The van der Waals surface area contributed by atoms with E-state index in [4.69, 9.17) is 9.26 Å². The van der Waals surface area contributed by atoms with Gasteiger partial charge in [-0.25, -0.2) is 18.7 Å². The highest BCUT2D eigenvalue weighted by Gasteiger charge is 2.18. The topological polar surface area (TPSA) is 86.0 Å². The van der Waals surface area contributed by atoms with Crippen molar-refractivity contribution < 1.29 is 18.0 Å². The molecule has 0 fully saturated rings. The van der Waals surface area contributed by atoms with E-state index in [9.17, 15) is 8.78 Å². The molecule has 0 amide bonds. The van der Waals surface area contributed by atoms with Crippen molar-refractivity contribution in [1.29, 1.82) is 0 Å². The molecule has 160 valence electrons. The van der Waals surface area contributed by atoms with Crippen molar-refractivity contribution in [2.75, 3.05) is 18.5 Å². The van der Waals surface area contributed by atoms with Gasteiger partial charge in [0, 0.05) is 18.7 Å². The monoisotopic (exact) mass is 507 g/mol. The normalized spacial score (nSPS) is 11.0. The molecule has 4 aromatic rings. The maximum absolute atomic E-state index is 14.0. The number of anilines is 1. The van der Waals surface area contributed by atoms with Crippen LogP contribution in [0.15, 0.2) is 46.0 Å². The predicted molar refractivity (Wildman–Crippen MR) is 116 cm³/mol. The minimum Gasteiger partial charge on any atom is -0.492 e. The first kappa shape index (κ1) is 21.3. The Labute approximate surface area is 188 Å². The van der Waals surface area contributed by atoms with Crippen molar-refractivity contribution in [1.82, 2.24) is 20.1 Å². The van der Waals surface area contributed by atoms with Crippen LogP contribution in [0.25, 0.3) is 21.3 Å². The molecule has 0 saturated heterocycles. The van der Waals surface area contributed by atoms with E-state index in [0.29, 0.717) is 42.7 Å². The van der Waals surface area contributed by atoms with Crippen molar-refractivity contribution in [3.63, 3.8) is 0 Å². The van der Waals surface area contributed by atoms with E-state index in [1.807, 2.05) is 13.0 Å². The summed E-state index contributed by atoms with van der Waals surface area (Å²) in [5.41, 5.74) is 0.964. The van der Waals surface area contributed by atoms with Gasteiger partial charge in [-0.3, -0.25) is 0 Å². The van der Waals surface area contributed by atoms with Gasteiger partial charge in [-0.2, -0.15) is 4.98 Å². The fourth-order valence-corrected chi connectivity index (χ4v) is 4.18. The number of nitrogens with one attached hydrogen (secondary N) is 1. The van der Waals surface area contributed by atoms with Crippen LogP contribution in [-0.4, -0.2) is 33.3 Å². The summed E-state index contributed by atoms with van der Waals surface area (Å²) >= 11 is 4.40. The second-order valence-electron chi connectivity index (χ2n) is 6.31. The van der Waals surface area contributed by atoms with Crippen LogP contribution in [0, 0.1) is 11.6 Å². The molecule has 1 N–H and O–H groups in total. The van der Waals surface area contributed by atoms with Crippen molar-refractivity contribution >= 4 is 33.1 Å². The molecule has 0 atom stereocenters. The number of hydrogen-bond donors (Lipinski definition) is 1. The van der Waals surface area contributed by atoms with Gasteiger partial charge in [0.2, 0.25) is 12.2 Å². The third-order valence-electron chi connectivity index (χ3n) is 4.27. The molecule has 0 aliphatic rings. The van der Waals surface area contributed by atoms with E-state index in [1.54, 1.807) is 6.07 Å². The summed E-state index contributed by atoms with van der Waals surface area (Å²) in [7, 11) is 0. The molecule has 0 bridgehead atoms. The largest absolute Gasteiger partial charge is 0.492 e. The molecule has 0 unspecified atom stereocenters. The maximum Gasteiger partial charge on any atom is 0.216 e. The summed E-state index contributed by atoms with van der Waals surface area (Å²) in [5.74, 6) is 0.687. The van der Waals surface area contributed by atoms with Crippen LogP contribution in [0.5, 0.6) is 5.75 Å². The van der Waals surface area contributed by atoms with Gasteiger partial charge in [0.25, 0.3) is 0 Å². The standard InChI is InChI=1S/C20H16BrF2N5O2S/c1-2-29-16-8-17(31-19(16)20-27-10-30-28-20)15-7-18(26-9-25-15)24-4-3-11-5-14(23)12(21)6-13(11)22/h5-10H,2-4H2,1H3,(H,24,25,26). The Morgan fingerprint density at radius 1 is 1.13 bits per heavy atom. The summed E-state index contributed by atoms with van der Waals surface area (Å²) in [6.45, 7) is 2.76. The van der Waals surface area contributed by atoms with Gasteiger partial charge in [0.1, 0.15) is 34.4 Å². The van der Waals surface area contributed by atoms with E-state index in [1.165, 1.54) is 30.1 Å². The summed E-state index contributed by atoms with van der Waals surface area (Å²) in [4.78, 5) is 14.2. The van der Waals surface area contributed by atoms with E-state index in [2.05, 4.69) is 41.4 Å². The molecule has 0 aliphatic heterocycles. The third kappa shape index (κ3) is 4.88. The first-order valence-electron chi connectivity index (χ1n) is 9.28. The van der Waals surface area contributed by atoms with Crippen LogP contribution in [0.3, 0.4) is 0 Å². The number of rotatable bonds is 8. The van der Waals surface area contributed by atoms with Gasteiger partial charge in [-0.1, -0.05) is 5.16 Å². The number of nitrogens with zero attached hydrogens (tertiary/aromatic N) is 4. The molecule has 0 aliphatic carbocycles. The number of ether oxygens (including phenoxy) is 1. The van der Waals surface area contributed by atoms with Crippen LogP contribution in [-0.2, 0) is 6.42 Å². The molecule has 0 spiro atoms. The number of halogens is 3. The smallest absolute Gasteiger partial charge is 0.216 e. The molecule has 4 rings (SSSR count). The van der Waals surface area contributed by atoms with Gasteiger partial charge < -0.3 is 14.6 Å². The zero-order valence-corrected chi connectivity index (χ0v) is 18.6. The number of hydrogen-bond acceptors (Lipinski definition) is 8. The summed E-state index contributed by atoms with van der Waals surface area (Å²) < 4.78 is 38.3. The summed E-state index contributed by atoms with van der Waals surface area (Å²) in [5, 5.41) is 7.00. The zero-order valence-electron chi connectivity index (χ0n) is 16.2. The van der Waals surface area contributed by atoms with Crippen LogP contribution in [0.1, 0.15) is 12.5 Å². The maximum atomic E-state index is 14.0. The van der Waals surface area contributed by atoms with E-state index in [-0.39, 0.29) is 10.0 Å². The lowest BCUT2D eigenvalue weighted by Crippen LogP contribution is -2.08. The minimum atomic E-state index is -0.499. The highest BCUT2D eigenvalue weighted by atomic mass is 79.9. The fourth-order valence-electron chi connectivity index (χ4n) is 2.86. The average molecular weight is 508 g/mol. The number of aromatic nitrogens is 4. The summed E-state index contributed by atoms with van der Waals surface area (Å²) in [6.07, 6.45) is 2.99. The van der Waals surface area contributed by atoms with Crippen molar-refractivity contribution in [3.05, 3.63) is 58.7 Å². The van der Waals surface area contributed by atoms with Crippen molar-refractivity contribution in [2.24, 2.45) is 0 Å². The Hall–Kier alpha value is -2.92. The average Bonchev–Trinajstić information content (AvgIpc) is 3.42. The summed E-state index contributed by atoms with van der Waals surface area (Å²) in [6, 6.07) is 5.96. The minimum absolute atomic E-state index is 0.102. The van der Waals surface area contributed by atoms with Crippen molar-refractivity contribution in [2.45, 2.75) is 13.3 Å². The molecule has 3 heterocycles. The Bertz CT molecular complexity index is 1190. The van der Waals surface area contributed by atoms with Gasteiger partial charge in [-0.05, 0) is 47.0 Å². The fraction of sp³-hybridized carbons (Fsp3) is 0.200. The lowest BCUT2D eigenvalue weighted by atomic mass is 10.1. The number of thiophene rings is 1. The molecular weight excluding hydrogens is 492 g/mol. The van der Waals surface area contributed by atoms with E-state index < -0.39 is 11.6 Å². The highest BCUT2D eigenvalue weighted by Crippen LogP contribution is 2.41. The Morgan fingerprint density at radius 3 is 2.77 bits per heavy atom. The van der Waals surface area contributed by atoms with Gasteiger partial charge in [0.05, 0.1) is 21.7 Å². The van der Waals surface area contributed by atoms with E-state index in [0.717, 1.165) is 15.8 Å². The SMILES string of the molecule is CCOc1cc(-c2cc(NCCc3cc(F)c(Br)cc3F)ncn2)sc1-c1ncon1. The Morgan fingerprint density at radius 2 is 2.00 bits per heavy atom. The molecule has 11 heteroatoms. The highest BCUT2D eigenvalue weighted by molar-refractivity contribution is 9.10.